The number of hydrogen-bond donors (Lipinski definition) is 5. The average molecular weight is 537 g/mol. The topological polar surface area (TPSA) is 200 Å². The largest absolute Gasteiger partial charge is 0.391 e. The summed E-state index contributed by atoms with van der Waals surface area (Å²) in [6.45, 7) is 0.360. The quantitative estimate of drug-likeness (QED) is 0.142. The first-order valence-electron chi connectivity index (χ1n) is 12.2. The van der Waals surface area contributed by atoms with Crippen molar-refractivity contribution in [3.8, 4) is 0 Å². The van der Waals surface area contributed by atoms with Gasteiger partial charge in [0.1, 0.15) is 18.1 Å². The van der Waals surface area contributed by atoms with E-state index in [0.717, 1.165) is 17.6 Å². The van der Waals surface area contributed by atoms with E-state index in [1.807, 2.05) is 30.3 Å². The number of likely N-dealkylation sites (tertiary alicyclic amines) is 1. The number of nitrogens with zero attached hydrogens (tertiary/aromatic N) is 1. The van der Waals surface area contributed by atoms with Crippen LogP contribution in [0, 0.1) is 0 Å². The summed E-state index contributed by atoms with van der Waals surface area (Å²) >= 11 is 0.912. The summed E-state index contributed by atoms with van der Waals surface area (Å²) in [5.41, 5.74) is 17.3. The molecule has 0 spiro atoms. The molecule has 0 unspecified atom stereocenters. The molecule has 4 amide bonds. The molecule has 0 bridgehead atoms. The molecule has 1 aromatic carbocycles. The van der Waals surface area contributed by atoms with E-state index in [1.54, 1.807) is 0 Å². The number of rotatable bonds is 15. The summed E-state index contributed by atoms with van der Waals surface area (Å²) in [5.74, 6) is -2.79. The van der Waals surface area contributed by atoms with Crippen molar-refractivity contribution in [2.45, 2.75) is 62.4 Å². The number of amides is 4. The Hall–Kier alpha value is -3.16. The molecular weight excluding hydrogens is 500 g/mol. The highest BCUT2D eigenvalue weighted by Crippen LogP contribution is 2.20. The molecule has 0 aromatic heterocycles. The Kier molecular flexibility index (Phi) is 12.9. The molecule has 37 heavy (non-hydrogen) atoms. The summed E-state index contributed by atoms with van der Waals surface area (Å²) in [6, 6.07) is 6.23. The fraction of sp³-hybridized carbons (Fsp3) is 0.542. The van der Waals surface area contributed by atoms with Crippen molar-refractivity contribution in [3.05, 3.63) is 35.9 Å². The van der Waals surface area contributed by atoms with Gasteiger partial charge in [-0.05, 0) is 44.2 Å². The molecule has 1 aliphatic heterocycles. The third-order valence-electron chi connectivity index (χ3n) is 5.85. The number of hydrogen-bond acceptors (Lipinski definition) is 9. The molecule has 1 aromatic rings. The minimum absolute atomic E-state index is 0.264. The second-order valence-electron chi connectivity index (χ2n) is 8.67. The van der Waals surface area contributed by atoms with Crippen molar-refractivity contribution < 1.29 is 28.2 Å². The molecule has 3 atom stereocenters. The smallest absolute Gasteiger partial charge is 0.320 e. The van der Waals surface area contributed by atoms with Gasteiger partial charge in [-0.3, -0.25) is 24.0 Å². The lowest BCUT2D eigenvalue weighted by Crippen LogP contribution is -2.57. The van der Waals surface area contributed by atoms with E-state index in [-0.39, 0.29) is 19.5 Å². The molecule has 2 rings (SSSR count). The first-order valence-corrected chi connectivity index (χ1v) is 13.1. The van der Waals surface area contributed by atoms with Gasteiger partial charge in [-0.25, -0.2) is 0 Å². The van der Waals surface area contributed by atoms with Gasteiger partial charge in [-0.1, -0.05) is 30.3 Å². The molecule has 1 heterocycles. The highest BCUT2D eigenvalue weighted by molar-refractivity contribution is 7.94. The van der Waals surface area contributed by atoms with E-state index in [1.165, 1.54) is 4.90 Å². The van der Waals surface area contributed by atoms with Crippen LogP contribution in [0.1, 0.15) is 44.1 Å². The Morgan fingerprint density at radius 3 is 2.43 bits per heavy atom. The lowest BCUT2D eigenvalue weighted by atomic mass is 10.1. The Morgan fingerprint density at radius 2 is 1.78 bits per heavy atom. The maximum Gasteiger partial charge on any atom is 0.320 e. The number of nitrogens with one attached hydrogen (secondary N) is 2. The van der Waals surface area contributed by atoms with Crippen LogP contribution >= 0.6 is 12.0 Å². The van der Waals surface area contributed by atoms with Crippen LogP contribution in [0.3, 0.4) is 0 Å². The number of primary amides is 1. The van der Waals surface area contributed by atoms with Gasteiger partial charge in [-0.15, -0.1) is 0 Å². The fourth-order valence-electron chi connectivity index (χ4n) is 3.95. The number of carbonyl (C=O) groups excluding carboxylic acids is 5. The zero-order chi connectivity index (χ0) is 27.2. The van der Waals surface area contributed by atoms with Gasteiger partial charge >= 0.3 is 5.97 Å². The molecule has 13 heteroatoms. The zero-order valence-electron chi connectivity index (χ0n) is 20.7. The zero-order valence-corrected chi connectivity index (χ0v) is 21.5. The normalized spacial score (nSPS) is 16.5. The van der Waals surface area contributed by atoms with Crippen LogP contribution in [0.25, 0.3) is 0 Å². The van der Waals surface area contributed by atoms with Gasteiger partial charge in [0.2, 0.25) is 23.6 Å². The molecule has 204 valence electrons. The maximum absolute atomic E-state index is 13.4. The lowest BCUT2D eigenvalue weighted by Gasteiger charge is -2.28. The Morgan fingerprint density at radius 1 is 1.05 bits per heavy atom. The minimum Gasteiger partial charge on any atom is -0.391 e. The maximum atomic E-state index is 13.4. The lowest BCUT2D eigenvalue weighted by molar-refractivity contribution is -0.144. The van der Waals surface area contributed by atoms with Crippen molar-refractivity contribution in [2.75, 3.05) is 19.6 Å². The summed E-state index contributed by atoms with van der Waals surface area (Å²) in [6.07, 6.45) is 1.93. The number of unbranched alkanes of at least 4 members (excludes halogenated alkanes) is 1. The molecule has 0 aliphatic carbocycles. The van der Waals surface area contributed by atoms with E-state index in [0.29, 0.717) is 38.0 Å². The molecule has 0 radical (unpaired) electrons. The van der Waals surface area contributed by atoms with Crippen molar-refractivity contribution in [3.63, 3.8) is 0 Å². The predicted molar refractivity (Wildman–Crippen MR) is 138 cm³/mol. The van der Waals surface area contributed by atoms with E-state index in [2.05, 4.69) is 10.6 Å². The van der Waals surface area contributed by atoms with E-state index < -0.39 is 54.1 Å². The number of benzene rings is 1. The minimum atomic E-state index is -1.32. The molecule has 8 N–H and O–H groups in total. The van der Waals surface area contributed by atoms with Crippen molar-refractivity contribution in [1.29, 1.82) is 0 Å². The summed E-state index contributed by atoms with van der Waals surface area (Å²) < 4.78 is 5.23. The monoisotopic (exact) mass is 536 g/mol. The average Bonchev–Trinajstić information content (AvgIpc) is 3.38. The molecule has 0 saturated carbocycles. The second-order valence-corrected chi connectivity index (χ2v) is 9.36. The Bertz CT molecular complexity index is 934. The van der Waals surface area contributed by atoms with Crippen LogP contribution in [0.5, 0.6) is 0 Å². The van der Waals surface area contributed by atoms with Crippen molar-refractivity contribution >= 4 is 41.6 Å². The van der Waals surface area contributed by atoms with Crippen LogP contribution in [0.15, 0.2) is 30.3 Å². The first-order chi connectivity index (χ1) is 17.8. The first kappa shape index (κ1) is 30.1. The Labute approximate surface area is 220 Å². The SMILES string of the molecule is NCCCC[C@H](NC(=O)CN)C(=O)N[C@@H](CC(=O)OSCc1ccccc1)C(=O)N1CCC[C@H]1C(N)=O. The van der Waals surface area contributed by atoms with Gasteiger partial charge in [0.05, 0.1) is 30.8 Å². The van der Waals surface area contributed by atoms with E-state index in [4.69, 9.17) is 21.4 Å². The summed E-state index contributed by atoms with van der Waals surface area (Å²) in [5, 5.41) is 5.11. The molecule has 1 fully saturated rings. The molecule has 1 saturated heterocycles. The summed E-state index contributed by atoms with van der Waals surface area (Å²) in [7, 11) is 0. The third-order valence-corrected chi connectivity index (χ3v) is 6.61. The van der Waals surface area contributed by atoms with E-state index >= 15 is 0 Å². The molecular formula is C24H36N6O6S. The third kappa shape index (κ3) is 10.0. The number of nitrogens with two attached hydrogens (primary N) is 3. The highest BCUT2D eigenvalue weighted by Gasteiger charge is 2.38. The predicted octanol–water partition coefficient (Wildman–Crippen LogP) is -0.698. The Balaban J connectivity index is 2.12. The van der Waals surface area contributed by atoms with Gasteiger partial charge in [0, 0.05) is 6.54 Å². The second kappa shape index (κ2) is 15.8. The van der Waals surface area contributed by atoms with Crippen LogP contribution in [0.2, 0.25) is 0 Å². The van der Waals surface area contributed by atoms with Gasteiger partial charge in [0.25, 0.3) is 0 Å². The number of carbonyl (C=O) groups is 5. The fourth-order valence-corrected chi connectivity index (χ4v) is 4.54. The van der Waals surface area contributed by atoms with Crippen LogP contribution in [-0.2, 0) is 33.9 Å². The van der Waals surface area contributed by atoms with Gasteiger partial charge in [0.15, 0.2) is 0 Å². The highest BCUT2D eigenvalue weighted by atomic mass is 32.2. The summed E-state index contributed by atoms with van der Waals surface area (Å²) in [4.78, 5) is 64.1. The van der Waals surface area contributed by atoms with Gasteiger partial charge < -0.3 is 36.9 Å². The standard InChI is InChI=1S/C24H36N6O6S/c25-11-5-4-9-17(28-20(31)14-26)23(34)29-18(24(35)30-12-6-10-19(30)22(27)33)13-21(32)36-37-15-16-7-2-1-3-8-16/h1-3,7-8,17-19H,4-6,9-15,25-26H2,(H2,27,33)(H,28,31)(H,29,34)/t17-,18-,19-/m0/s1. The molecule has 12 nitrogen and oxygen atoms in total. The van der Waals surface area contributed by atoms with Crippen molar-refractivity contribution in [2.24, 2.45) is 17.2 Å². The molecule has 1 aliphatic rings. The van der Waals surface area contributed by atoms with Crippen LogP contribution in [-0.4, -0.2) is 72.3 Å². The van der Waals surface area contributed by atoms with Crippen LogP contribution in [0.4, 0.5) is 0 Å². The van der Waals surface area contributed by atoms with E-state index in [9.17, 15) is 24.0 Å². The van der Waals surface area contributed by atoms with Crippen LogP contribution < -0.4 is 27.8 Å². The van der Waals surface area contributed by atoms with Crippen molar-refractivity contribution in [1.82, 2.24) is 15.5 Å². The van der Waals surface area contributed by atoms with Gasteiger partial charge in [-0.2, -0.15) is 0 Å².